The number of sulfonamides is 1. The first kappa shape index (κ1) is 26.8. The normalized spacial score (nSPS) is 24.4. The lowest BCUT2D eigenvalue weighted by atomic mass is 9.99. The van der Waals surface area contributed by atoms with Crippen molar-refractivity contribution >= 4 is 15.7 Å². The van der Waals surface area contributed by atoms with Crippen molar-refractivity contribution in [3.05, 3.63) is 95.6 Å². The van der Waals surface area contributed by atoms with E-state index in [-0.39, 0.29) is 36.4 Å². The van der Waals surface area contributed by atoms with Gasteiger partial charge in [-0.3, -0.25) is 9.62 Å². The van der Waals surface area contributed by atoms with Crippen LogP contribution in [0.15, 0.2) is 83.8 Å². The maximum Gasteiger partial charge on any atom is 0.261 e. The van der Waals surface area contributed by atoms with Gasteiger partial charge < -0.3 is 19.7 Å². The second kappa shape index (κ2) is 11.9. The molecule has 3 aromatic carbocycles. The molecule has 0 amide bonds. The number of rotatable bonds is 9. The van der Waals surface area contributed by atoms with E-state index in [9.17, 15) is 18.6 Å². The molecule has 2 aliphatic rings. The summed E-state index contributed by atoms with van der Waals surface area (Å²) in [6.07, 6.45) is 1.57. The zero-order valence-corrected chi connectivity index (χ0v) is 22.0. The number of anilines is 1. The van der Waals surface area contributed by atoms with Crippen molar-refractivity contribution in [1.29, 1.82) is 0 Å². The Kier molecular flexibility index (Phi) is 8.42. The van der Waals surface area contributed by atoms with E-state index in [0.29, 0.717) is 24.2 Å². The molecule has 8 nitrogen and oxygen atoms in total. The highest BCUT2D eigenvalue weighted by atomic mass is 32.2. The van der Waals surface area contributed by atoms with E-state index in [1.54, 1.807) is 48.5 Å². The minimum Gasteiger partial charge on any atom is -0.395 e. The Balaban J connectivity index is 1.38. The molecule has 2 saturated heterocycles. The van der Waals surface area contributed by atoms with E-state index in [1.165, 1.54) is 0 Å². The zero-order chi connectivity index (χ0) is 26.5. The largest absolute Gasteiger partial charge is 0.395 e. The van der Waals surface area contributed by atoms with E-state index in [4.69, 9.17) is 9.47 Å². The third-order valence-electron chi connectivity index (χ3n) is 7.23. The molecule has 5 rings (SSSR count). The van der Waals surface area contributed by atoms with Gasteiger partial charge in [-0.1, -0.05) is 54.6 Å². The van der Waals surface area contributed by atoms with E-state index >= 15 is 0 Å². The van der Waals surface area contributed by atoms with Gasteiger partial charge >= 0.3 is 0 Å². The summed E-state index contributed by atoms with van der Waals surface area (Å²) in [5, 5.41) is 19.2. The molecular formula is C29H34N2O6S. The highest BCUT2D eigenvalue weighted by molar-refractivity contribution is 7.92. The molecule has 0 bridgehead atoms. The molecule has 0 unspecified atom stereocenters. The molecule has 38 heavy (non-hydrogen) atoms. The van der Waals surface area contributed by atoms with Crippen LogP contribution in [0.1, 0.15) is 48.3 Å². The highest BCUT2D eigenvalue weighted by Gasteiger charge is 2.35. The van der Waals surface area contributed by atoms with Crippen LogP contribution in [0.4, 0.5) is 5.69 Å². The van der Waals surface area contributed by atoms with Gasteiger partial charge in [-0.2, -0.15) is 0 Å². The van der Waals surface area contributed by atoms with Crippen LogP contribution in [-0.4, -0.2) is 55.4 Å². The predicted octanol–water partition coefficient (Wildman–Crippen LogP) is 3.98. The number of likely N-dealkylation sites (tertiary alicyclic amines) is 1. The molecule has 0 aliphatic carbocycles. The van der Waals surface area contributed by atoms with Gasteiger partial charge in [0, 0.05) is 30.3 Å². The summed E-state index contributed by atoms with van der Waals surface area (Å²) in [5.74, 6) is 0. The van der Waals surface area contributed by atoms with Crippen LogP contribution in [0.2, 0.25) is 0 Å². The standard InChI is InChI=1S/C29H34N2O6S/c32-19-21-11-13-22(14-12-21)28-17-26(18-31-15-5-8-25(31)20-33)36-29(37-28)23-6-4-7-24(16-23)30-38(34,35)27-9-2-1-3-10-27/h1-4,6-7,9-14,16,25-26,28-30,32-33H,5,8,15,17-20H2/t25-,26-,28+,29+/m0/s1. The van der Waals surface area contributed by atoms with Gasteiger partial charge in [0.1, 0.15) is 0 Å². The molecule has 9 heteroatoms. The molecule has 0 spiro atoms. The van der Waals surface area contributed by atoms with Gasteiger partial charge in [-0.25, -0.2) is 8.42 Å². The first-order chi connectivity index (χ1) is 18.4. The van der Waals surface area contributed by atoms with Gasteiger partial charge in [0.2, 0.25) is 0 Å². The second-order valence-corrected chi connectivity index (χ2v) is 11.6. The Morgan fingerprint density at radius 1 is 0.921 bits per heavy atom. The molecule has 4 atom stereocenters. The fourth-order valence-corrected chi connectivity index (χ4v) is 6.27. The lowest BCUT2D eigenvalue weighted by Gasteiger charge is -2.38. The Hall–Kier alpha value is -2.79. The quantitative estimate of drug-likeness (QED) is 0.378. The molecule has 0 aromatic heterocycles. The van der Waals surface area contributed by atoms with Gasteiger partial charge in [0.25, 0.3) is 10.0 Å². The van der Waals surface area contributed by atoms with E-state index in [2.05, 4.69) is 9.62 Å². The molecule has 2 heterocycles. The number of hydrogen-bond donors (Lipinski definition) is 3. The molecular weight excluding hydrogens is 504 g/mol. The average molecular weight is 539 g/mol. The second-order valence-electron chi connectivity index (χ2n) is 9.87. The smallest absolute Gasteiger partial charge is 0.261 e. The van der Waals surface area contributed by atoms with Crippen molar-refractivity contribution in [2.45, 2.75) is 55.3 Å². The van der Waals surface area contributed by atoms with E-state index < -0.39 is 16.3 Å². The van der Waals surface area contributed by atoms with Crippen LogP contribution < -0.4 is 4.72 Å². The number of ether oxygens (including phenoxy) is 2. The van der Waals surface area contributed by atoms with Crippen LogP contribution in [0.25, 0.3) is 0 Å². The van der Waals surface area contributed by atoms with Gasteiger partial charge in [-0.15, -0.1) is 0 Å². The summed E-state index contributed by atoms with van der Waals surface area (Å²) < 4.78 is 41.2. The minimum absolute atomic E-state index is 0.0244. The van der Waals surface area contributed by atoms with Crippen LogP contribution in [0.3, 0.4) is 0 Å². The third kappa shape index (κ3) is 6.26. The highest BCUT2D eigenvalue weighted by Crippen LogP contribution is 2.39. The zero-order valence-electron chi connectivity index (χ0n) is 21.1. The van der Waals surface area contributed by atoms with Crippen LogP contribution >= 0.6 is 0 Å². The lowest BCUT2D eigenvalue weighted by molar-refractivity contribution is -0.253. The van der Waals surface area contributed by atoms with Gasteiger partial charge in [0.15, 0.2) is 6.29 Å². The Morgan fingerprint density at radius 2 is 1.71 bits per heavy atom. The Morgan fingerprint density at radius 3 is 2.45 bits per heavy atom. The number of hydrogen-bond acceptors (Lipinski definition) is 7. The fraction of sp³-hybridized carbons (Fsp3) is 0.379. The number of benzene rings is 3. The topological polar surface area (TPSA) is 108 Å². The van der Waals surface area contributed by atoms with E-state index in [0.717, 1.165) is 30.5 Å². The monoisotopic (exact) mass is 538 g/mol. The number of nitrogens with one attached hydrogen (secondary N) is 1. The van der Waals surface area contributed by atoms with Crippen molar-refractivity contribution in [2.75, 3.05) is 24.4 Å². The maximum absolute atomic E-state index is 12.9. The molecule has 3 aromatic rings. The molecule has 3 N–H and O–H groups in total. The van der Waals surface area contributed by atoms with Gasteiger partial charge in [-0.05, 0) is 54.8 Å². The van der Waals surface area contributed by atoms with Crippen molar-refractivity contribution in [3.8, 4) is 0 Å². The summed E-state index contributed by atoms with van der Waals surface area (Å²) in [6, 6.07) is 23.2. The maximum atomic E-state index is 12.9. The molecule has 0 radical (unpaired) electrons. The SMILES string of the molecule is O=S(=O)(Nc1cccc([C@@H]2O[C@H](CN3CCC[C@H]3CO)C[C@H](c3ccc(CO)cc3)O2)c1)c1ccccc1. The summed E-state index contributed by atoms with van der Waals surface area (Å²) in [5.41, 5.74) is 2.95. The number of aliphatic hydroxyl groups excluding tert-OH is 2. The number of aliphatic hydroxyl groups is 2. The molecule has 0 saturated carbocycles. The van der Waals surface area contributed by atoms with Crippen LogP contribution in [0, 0.1) is 0 Å². The summed E-state index contributed by atoms with van der Waals surface area (Å²) in [7, 11) is -3.74. The van der Waals surface area contributed by atoms with E-state index in [1.807, 2.05) is 30.3 Å². The summed E-state index contributed by atoms with van der Waals surface area (Å²) >= 11 is 0. The number of nitrogens with zero attached hydrogens (tertiary/aromatic N) is 1. The first-order valence-electron chi connectivity index (χ1n) is 13.0. The third-order valence-corrected chi connectivity index (χ3v) is 8.62. The summed E-state index contributed by atoms with van der Waals surface area (Å²) in [6.45, 7) is 1.70. The first-order valence-corrected chi connectivity index (χ1v) is 14.5. The van der Waals surface area contributed by atoms with Crippen LogP contribution in [0.5, 0.6) is 0 Å². The van der Waals surface area contributed by atoms with Crippen molar-refractivity contribution in [1.82, 2.24) is 4.90 Å². The Labute approximate surface area is 223 Å². The van der Waals surface area contributed by atoms with Crippen molar-refractivity contribution in [3.63, 3.8) is 0 Å². The molecule has 202 valence electrons. The van der Waals surface area contributed by atoms with Gasteiger partial charge in [0.05, 0.1) is 30.3 Å². The minimum atomic E-state index is -3.74. The van der Waals surface area contributed by atoms with Crippen molar-refractivity contribution in [2.24, 2.45) is 0 Å². The van der Waals surface area contributed by atoms with Crippen molar-refractivity contribution < 1.29 is 28.1 Å². The molecule has 2 aliphatic heterocycles. The summed E-state index contributed by atoms with van der Waals surface area (Å²) in [4.78, 5) is 2.47. The predicted molar refractivity (Wildman–Crippen MR) is 144 cm³/mol. The average Bonchev–Trinajstić information content (AvgIpc) is 3.40. The Bertz CT molecular complexity index is 1300. The lowest BCUT2D eigenvalue weighted by Crippen LogP contribution is -2.42. The fourth-order valence-electron chi connectivity index (χ4n) is 5.20. The molecule has 2 fully saturated rings. The van der Waals surface area contributed by atoms with Crippen LogP contribution in [-0.2, 0) is 26.1 Å².